The van der Waals surface area contributed by atoms with Gasteiger partial charge >= 0.3 is 0 Å². The largest absolute Gasteiger partial charge is 0.384 e. The minimum Gasteiger partial charge on any atom is -0.384 e. The van der Waals surface area contributed by atoms with Gasteiger partial charge in [-0.1, -0.05) is 18.8 Å². The van der Waals surface area contributed by atoms with Crippen molar-refractivity contribution in [3.05, 3.63) is 21.9 Å². The van der Waals surface area contributed by atoms with Crippen molar-refractivity contribution in [3.63, 3.8) is 0 Å². The minimum atomic E-state index is -0.247. The second kappa shape index (κ2) is 9.16. The van der Waals surface area contributed by atoms with Gasteiger partial charge in [-0.25, -0.2) is 0 Å². The maximum Gasteiger partial charge on any atom is 0.262 e. The van der Waals surface area contributed by atoms with Gasteiger partial charge in [0.25, 0.3) is 5.91 Å². The highest BCUT2D eigenvalue weighted by molar-refractivity contribution is 7.12. The van der Waals surface area contributed by atoms with Crippen LogP contribution in [-0.2, 0) is 4.79 Å². The molecule has 0 saturated carbocycles. The number of aliphatic hydroxyl groups is 1. The maximum absolute atomic E-state index is 12.0. The molecule has 114 valence electrons. The first kappa shape index (κ1) is 17.2. The van der Waals surface area contributed by atoms with E-state index in [0.717, 1.165) is 6.42 Å². The fourth-order valence-electron chi connectivity index (χ4n) is 1.54. The topological polar surface area (TPSA) is 78.4 Å². The Balaban J connectivity index is 2.44. The Bertz CT molecular complexity index is 543. The van der Waals surface area contributed by atoms with Crippen molar-refractivity contribution in [3.8, 4) is 11.8 Å². The number of thiophene rings is 1. The summed E-state index contributed by atoms with van der Waals surface area (Å²) in [6.45, 7) is 3.98. The first-order valence-corrected chi connectivity index (χ1v) is 7.71. The van der Waals surface area contributed by atoms with Crippen molar-refractivity contribution in [1.29, 1.82) is 0 Å². The van der Waals surface area contributed by atoms with Gasteiger partial charge < -0.3 is 15.7 Å². The van der Waals surface area contributed by atoms with Gasteiger partial charge in [-0.15, -0.1) is 11.3 Å². The van der Waals surface area contributed by atoms with Crippen molar-refractivity contribution in [2.75, 3.05) is 13.2 Å². The van der Waals surface area contributed by atoms with Crippen LogP contribution in [0.3, 0.4) is 0 Å². The van der Waals surface area contributed by atoms with Gasteiger partial charge in [0.2, 0.25) is 5.91 Å². The molecule has 0 aromatic carbocycles. The third kappa shape index (κ3) is 5.98. The van der Waals surface area contributed by atoms with Gasteiger partial charge in [-0.3, -0.25) is 9.59 Å². The summed E-state index contributed by atoms with van der Waals surface area (Å²) in [4.78, 5) is 24.1. The summed E-state index contributed by atoms with van der Waals surface area (Å²) in [5.41, 5.74) is 0.593. The summed E-state index contributed by atoms with van der Waals surface area (Å²) in [5, 5.41) is 16.0. The molecule has 1 aromatic rings. The number of carbonyl (C=O) groups excluding carboxylic acids is 2. The van der Waals surface area contributed by atoms with E-state index >= 15 is 0 Å². The van der Waals surface area contributed by atoms with Crippen molar-refractivity contribution < 1.29 is 14.7 Å². The molecule has 6 heteroatoms. The van der Waals surface area contributed by atoms with Crippen LogP contribution in [0.1, 0.15) is 41.9 Å². The summed E-state index contributed by atoms with van der Waals surface area (Å²) in [5.74, 6) is 4.92. The van der Waals surface area contributed by atoms with Crippen molar-refractivity contribution in [2.45, 2.75) is 32.7 Å². The first-order valence-electron chi connectivity index (χ1n) is 6.83. The molecule has 1 unspecified atom stereocenters. The fraction of sp³-hybridized carbons (Fsp3) is 0.467. The molecule has 1 atom stereocenters. The number of nitrogens with one attached hydrogen (secondary N) is 2. The van der Waals surface area contributed by atoms with Crippen LogP contribution in [0.25, 0.3) is 0 Å². The van der Waals surface area contributed by atoms with E-state index in [2.05, 4.69) is 22.5 Å². The normalized spacial score (nSPS) is 11.2. The van der Waals surface area contributed by atoms with Crippen LogP contribution in [0, 0.1) is 11.8 Å². The molecule has 0 bridgehead atoms. The highest BCUT2D eigenvalue weighted by atomic mass is 32.1. The standard InChI is InChI=1S/C15H20N2O3S/c1-3-11(2)17-13(19)6-8-16-15(20)14-12(5-4-9-18)7-10-21-14/h7,10-11,18H,3,6,8-9H2,1-2H3,(H,16,20)(H,17,19). The predicted octanol–water partition coefficient (Wildman–Crippen LogP) is 1.13. The third-order valence-corrected chi connectivity index (χ3v) is 3.74. The van der Waals surface area contributed by atoms with Gasteiger partial charge in [0, 0.05) is 24.6 Å². The third-order valence-electron chi connectivity index (χ3n) is 2.83. The maximum atomic E-state index is 12.0. The van der Waals surface area contributed by atoms with E-state index < -0.39 is 0 Å². The van der Waals surface area contributed by atoms with Crippen LogP contribution in [0.2, 0.25) is 0 Å². The van der Waals surface area contributed by atoms with Crippen molar-refractivity contribution >= 4 is 23.2 Å². The van der Waals surface area contributed by atoms with E-state index in [4.69, 9.17) is 5.11 Å². The van der Waals surface area contributed by atoms with Crippen LogP contribution >= 0.6 is 11.3 Å². The van der Waals surface area contributed by atoms with E-state index in [1.54, 1.807) is 11.4 Å². The Kier molecular flexibility index (Phi) is 7.51. The Morgan fingerprint density at radius 3 is 2.90 bits per heavy atom. The molecule has 0 aliphatic carbocycles. The molecule has 0 radical (unpaired) electrons. The molecular formula is C15H20N2O3S. The van der Waals surface area contributed by atoms with Gasteiger partial charge in [0.1, 0.15) is 11.5 Å². The molecule has 5 nitrogen and oxygen atoms in total. The van der Waals surface area contributed by atoms with E-state index in [9.17, 15) is 9.59 Å². The Labute approximate surface area is 128 Å². The molecule has 0 aliphatic rings. The summed E-state index contributed by atoms with van der Waals surface area (Å²) >= 11 is 1.28. The molecule has 0 fully saturated rings. The summed E-state index contributed by atoms with van der Waals surface area (Å²) in [6, 6.07) is 1.88. The number of amides is 2. The fourth-order valence-corrected chi connectivity index (χ4v) is 2.30. The SMILES string of the molecule is CCC(C)NC(=O)CCNC(=O)c1sccc1C#CCO. The molecule has 1 aromatic heterocycles. The molecule has 1 rings (SSSR count). The quantitative estimate of drug-likeness (QED) is 0.689. The second-order valence-electron chi connectivity index (χ2n) is 4.51. The summed E-state index contributed by atoms with van der Waals surface area (Å²) < 4.78 is 0. The second-order valence-corrected chi connectivity index (χ2v) is 5.42. The number of carbonyl (C=O) groups is 2. The van der Waals surface area contributed by atoms with E-state index in [-0.39, 0.29) is 37.4 Å². The lowest BCUT2D eigenvalue weighted by Gasteiger charge is -2.11. The minimum absolute atomic E-state index is 0.0730. The molecule has 2 amide bonds. The average Bonchev–Trinajstić information content (AvgIpc) is 2.93. The van der Waals surface area contributed by atoms with Gasteiger partial charge in [0.15, 0.2) is 0 Å². The molecule has 0 aliphatic heterocycles. The van der Waals surface area contributed by atoms with Crippen LogP contribution < -0.4 is 10.6 Å². The molecular weight excluding hydrogens is 288 g/mol. The highest BCUT2D eigenvalue weighted by Crippen LogP contribution is 2.15. The predicted molar refractivity (Wildman–Crippen MR) is 83.1 cm³/mol. The Hall–Kier alpha value is -1.84. The lowest BCUT2D eigenvalue weighted by molar-refractivity contribution is -0.121. The Morgan fingerprint density at radius 1 is 1.48 bits per heavy atom. The van der Waals surface area contributed by atoms with E-state index in [0.29, 0.717) is 10.4 Å². The summed E-state index contributed by atoms with van der Waals surface area (Å²) in [7, 11) is 0. The van der Waals surface area contributed by atoms with Crippen LogP contribution in [0.4, 0.5) is 0 Å². The number of hydrogen-bond donors (Lipinski definition) is 3. The lowest BCUT2D eigenvalue weighted by atomic mass is 10.2. The zero-order chi connectivity index (χ0) is 15.7. The number of hydrogen-bond acceptors (Lipinski definition) is 4. The molecule has 1 heterocycles. The Morgan fingerprint density at radius 2 is 2.24 bits per heavy atom. The van der Waals surface area contributed by atoms with Gasteiger partial charge in [-0.05, 0) is 24.8 Å². The van der Waals surface area contributed by atoms with E-state index in [1.165, 1.54) is 11.3 Å². The number of aliphatic hydroxyl groups excluding tert-OH is 1. The molecule has 3 N–H and O–H groups in total. The zero-order valence-corrected chi connectivity index (χ0v) is 13.0. The lowest BCUT2D eigenvalue weighted by Crippen LogP contribution is -2.35. The molecule has 0 spiro atoms. The summed E-state index contributed by atoms with van der Waals surface area (Å²) in [6.07, 6.45) is 1.12. The van der Waals surface area contributed by atoms with Gasteiger partial charge in [0.05, 0.1) is 0 Å². The van der Waals surface area contributed by atoms with E-state index in [1.807, 2.05) is 13.8 Å². The number of rotatable bonds is 6. The zero-order valence-electron chi connectivity index (χ0n) is 12.2. The average molecular weight is 308 g/mol. The van der Waals surface area contributed by atoms with Crippen molar-refractivity contribution in [1.82, 2.24) is 10.6 Å². The smallest absolute Gasteiger partial charge is 0.262 e. The van der Waals surface area contributed by atoms with Crippen LogP contribution in [0.15, 0.2) is 11.4 Å². The monoisotopic (exact) mass is 308 g/mol. The highest BCUT2D eigenvalue weighted by Gasteiger charge is 2.12. The van der Waals surface area contributed by atoms with Crippen LogP contribution in [0.5, 0.6) is 0 Å². The first-order chi connectivity index (χ1) is 10.1. The molecule has 0 saturated heterocycles. The van der Waals surface area contributed by atoms with Crippen molar-refractivity contribution in [2.24, 2.45) is 0 Å². The van der Waals surface area contributed by atoms with Crippen LogP contribution in [-0.4, -0.2) is 36.1 Å². The molecule has 21 heavy (non-hydrogen) atoms. The van der Waals surface area contributed by atoms with Gasteiger partial charge in [-0.2, -0.15) is 0 Å².